The Morgan fingerprint density at radius 2 is 1.56 bits per heavy atom. The Kier molecular flexibility index (Phi) is 4.85. The van der Waals surface area contributed by atoms with Gasteiger partial charge in [0.2, 0.25) is 0 Å². The Balaban J connectivity index is 3.46. The molecule has 0 aliphatic rings. The van der Waals surface area contributed by atoms with Crippen LogP contribution in [0.5, 0.6) is 0 Å². The van der Waals surface area contributed by atoms with Crippen LogP contribution in [-0.4, -0.2) is 29.6 Å². The highest BCUT2D eigenvalue weighted by Crippen LogP contribution is 2.17. The van der Waals surface area contributed by atoms with Crippen LogP contribution in [0.4, 0.5) is 17.6 Å². The Bertz CT molecular complexity index is 438. The molecule has 0 radical (unpaired) electrons. The molecule has 8 heteroatoms. The van der Waals surface area contributed by atoms with Gasteiger partial charge in [-0.1, -0.05) is 0 Å². The lowest BCUT2D eigenvalue weighted by atomic mass is 10.3. The minimum absolute atomic E-state index is 0.0773. The molecule has 0 N–H and O–H groups in total. The number of hydrogen-bond acceptors (Lipinski definition) is 3. The van der Waals surface area contributed by atoms with Crippen molar-refractivity contribution in [3.8, 4) is 0 Å². The van der Waals surface area contributed by atoms with Crippen molar-refractivity contribution in [2.75, 3.05) is 20.8 Å². The molecule has 0 saturated heterocycles. The van der Waals surface area contributed by atoms with Crippen LogP contribution in [0.25, 0.3) is 0 Å². The molecule has 0 atom stereocenters. The zero-order valence-electron chi connectivity index (χ0n) is 10.0. The van der Waals surface area contributed by atoms with Crippen molar-refractivity contribution in [3.05, 3.63) is 29.3 Å². The van der Waals surface area contributed by atoms with Gasteiger partial charge in [0.25, 0.3) is 0 Å². The monoisotopic (exact) mass is 284 g/mol. The van der Waals surface area contributed by atoms with Gasteiger partial charge in [-0.2, -0.15) is 0 Å². The van der Waals surface area contributed by atoms with E-state index in [1.165, 1.54) is 0 Å². The van der Waals surface area contributed by atoms with Gasteiger partial charge < -0.3 is 13.3 Å². The zero-order chi connectivity index (χ0) is 13.9. The average Bonchev–Trinajstić information content (AvgIpc) is 2.38. The summed E-state index contributed by atoms with van der Waals surface area (Å²) in [5.41, 5.74) is 0. The van der Waals surface area contributed by atoms with Crippen LogP contribution in [-0.2, 0) is 13.3 Å². The maximum atomic E-state index is 13.6. The van der Waals surface area contributed by atoms with Crippen molar-refractivity contribution in [1.82, 2.24) is 0 Å². The summed E-state index contributed by atoms with van der Waals surface area (Å²) in [6, 6.07) is 0.489. The van der Waals surface area contributed by atoms with E-state index in [9.17, 15) is 17.6 Å². The summed E-state index contributed by atoms with van der Waals surface area (Å²) in [5.74, 6) is -6.91. The summed E-state index contributed by atoms with van der Waals surface area (Å²) < 4.78 is 67.8. The summed E-state index contributed by atoms with van der Waals surface area (Å²) in [4.78, 5) is 0. The van der Waals surface area contributed by atoms with Gasteiger partial charge >= 0.3 is 8.80 Å². The molecule has 102 valence electrons. The van der Waals surface area contributed by atoms with Crippen molar-refractivity contribution in [1.29, 1.82) is 0 Å². The predicted molar refractivity (Wildman–Crippen MR) is 57.3 cm³/mol. The smallest absolute Gasteiger partial charge is 0.373 e. The molecule has 0 unspecified atom stereocenters. The van der Waals surface area contributed by atoms with Gasteiger partial charge in [-0.3, -0.25) is 0 Å². The third kappa shape index (κ3) is 2.41. The largest absolute Gasteiger partial charge is 0.539 e. The lowest BCUT2D eigenvalue weighted by molar-refractivity contribution is 0.118. The molecule has 0 heterocycles. The molecule has 0 fully saturated rings. The highest BCUT2D eigenvalue weighted by Gasteiger charge is 2.46. The first-order valence-corrected chi connectivity index (χ1v) is 6.73. The lowest BCUT2D eigenvalue weighted by Gasteiger charge is -2.26. The summed E-state index contributed by atoms with van der Waals surface area (Å²) in [6.45, 7) is 1.65. The van der Waals surface area contributed by atoms with Gasteiger partial charge in [-0.05, 0) is 13.0 Å². The fraction of sp³-hybridized carbons (Fsp3) is 0.400. The summed E-state index contributed by atoms with van der Waals surface area (Å²) >= 11 is 0. The summed E-state index contributed by atoms with van der Waals surface area (Å²) in [5, 5.41) is -0.578. The highest BCUT2D eigenvalue weighted by atomic mass is 28.4. The van der Waals surface area contributed by atoms with Crippen molar-refractivity contribution >= 4 is 14.0 Å². The van der Waals surface area contributed by atoms with Gasteiger partial charge in [0, 0.05) is 20.8 Å². The van der Waals surface area contributed by atoms with Gasteiger partial charge in [0.15, 0.2) is 23.3 Å². The molecule has 0 aromatic heterocycles. The van der Waals surface area contributed by atoms with Crippen molar-refractivity contribution < 1.29 is 30.8 Å². The first kappa shape index (κ1) is 15.1. The second-order valence-electron chi connectivity index (χ2n) is 3.25. The molecule has 0 aliphatic heterocycles. The van der Waals surface area contributed by atoms with Gasteiger partial charge in [0.05, 0.1) is 5.19 Å². The number of halogens is 4. The standard InChI is InChI=1S/C10H12F4O3Si/c1-4-17-18(15-2,16-3)7-5-6(11)8(12)10(14)9(7)13/h5H,4H2,1-3H3. The molecule has 0 amide bonds. The number of benzene rings is 1. The molecule has 18 heavy (non-hydrogen) atoms. The molecular weight excluding hydrogens is 272 g/mol. The van der Waals surface area contributed by atoms with Gasteiger partial charge in [-0.25, -0.2) is 17.6 Å². The van der Waals surface area contributed by atoms with Gasteiger partial charge in [0.1, 0.15) is 0 Å². The fourth-order valence-corrected chi connectivity index (χ4v) is 3.54. The zero-order valence-corrected chi connectivity index (χ0v) is 11.0. The molecule has 0 spiro atoms. The first-order chi connectivity index (χ1) is 8.43. The van der Waals surface area contributed by atoms with E-state index in [4.69, 9.17) is 13.3 Å². The molecule has 0 bridgehead atoms. The third-order valence-electron chi connectivity index (χ3n) is 2.30. The Morgan fingerprint density at radius 3 is 2.00 bits per heavy atom. The van der Waals surface area contributed by atoms with Gasteiger partial charge in [-0.15, -0.1) is 0 Å². The molecule has 1 aromatic rings. The number of rotatable bonds is 5. The first-order valence-electron chi connectivity index (χ1n) is 5.01. The quantitative estimate of drug-likeness (QED) is 0.357. The topological polar surface area (TPSA) is 27.7 Å². The van der Waals surface area contributed by atoms with Crippen LogP contribution in [0, 0.1) is 23.3 Å². The second kappa shape index (κ2) is 5.78. The van der Waals surface area contributed by atoms with Crippen molar-refractivity contribution in [3.63, 3.8) is 0 Å². The van der Waals surface area contributed by atoms with Crippen LogP contribution in [0.3, 0.4) is 0 Å². The van der Waals surface area contributed by atoms with E-state index >= 15 is 0 Å². The minimum atomic E-state index is -3.77. The lowest BCUT2D eigenvalue weighted by Crippen LogP contribution is -2.57. The van der Waals surface area contributed by atoms with E-state index < -0.39 is 37.3 Å². The van der Waals surface area contributed by atoms with Crippen LogP contribution in [0.15, 0.2) is 6.07 Å². The van der Waals surface area contributed by atoms with E-state index in [1.54, 1.807) is 6.92 Å². The SMILES string of the molecule is CCO[Si](OC)(OC)c1cc(F)c(F)c(F)c1F. The second-order valence-corrected chi connectivity index (χ2v) is 6.00. The fourth-order valence-electron chi connectivity index (χ4n) is 1.48. The van der Waals surface area contributed by atoms with E-state index in [0.717, 1.165) is 14.2 Å². The molecule has 1 aromatic carbocycles. The van der Waals surface area contributed by atoms with Crippen LogP contribution in [0.1, 0.15) is 6.92 Å². The number of hydrogen-bond donors (Lipinski definition) is 0. The maximum Gasteiger partial charge on any atom is 0.539 e. The Labute approximate surface area is 103 Å². The Hall–Kier alpha value is -0.963. The minimum Gasteiger partial charge on any atom is -0.373 e. The molecule has 0 aliphatic carbocycles. The summed E-state index contributed by atoms with van der Waals surface area (Å²) in [7, 11) is -1.46. The maximum absolute atomic E-state index is 13.6. The van der Waals surface area contributed by atoms with Crippen LogP contribution < -0.4 is 5.19 Å². The van der Waals surface area contributed by atoms with Crippen molar-refractivity contribution in [2.45, 2.75) is 6.92 Å². The van der Waals surface area contributed by atoms with Crippen LogP contribution >= 0.6 is 0 Å². The van der Waals surface area contributed by atoms with E-state index in [1.807, 2.05) is 0 Å². The summed E-state index contributed by atoms with van der Waals surface area (Å²) in [6.07, 6.45) is 0. The predicted octanol–water partition coefficient (Wildman–Crippen LogP) is 1.72. The highest BCUT2D eigenvalue weighted by molar-refractivity contribution is 6.75. The normalized spacial score (nSPS) is 11.9. The van der Waals surface area contributed by atoms with Crippen LogP contribution in [0.2, 0.25) is 0 Å². The molecule has 1 rings (SSSR count). The van der Waals surface area contributed by atoms with Crippen molar-refractivity contribution in [2.24, 2.45) is 0 Å². The third-order valence-corrected chi connectivity index (χ3v) is 5.07. The Morgan fingerprint density at radius 1 is 1.00 bits per heavy atom. The van der Waals surface area contributed by atoms with E-state index in [2.05, 4.69) is 0 Å². The molecule has 3 nitrogen and oxygen atoms in total. The molecule has 0 saturated carbocycles. The average molecular weight is 284 g/mol. The van der Waals surface area contributed by atoms with E-state index in [-0.39, 0.29) is 6.61 Å². The van der Waals surface area contributed by atoms with E-state index in [0.29, 0.717) is 6.07 Å². The molecular formula is C10H12F4O3Si.